The molecule has 0 amide bonds. The molecule has 124 valence electrons. The van der Waals surface area contributed by atoms with Crippen LogP contribution in [-0.2, 0) is 9.59 Å². The maximum atomic E-state index is 13.2. The first-order chi connectivity index (χ1) is 12.6. The van der Waals surface area contributed by atoms with E-state index in [1.54, 1.807) is 54.6 Å². The number of Topliss-reactive ketones (excluding diaryl/α,β-unsaturated/α-hetero) is 2. The summed E-state index contributed by atoms with van der Waals surface area (Å²) < 4.78 is 0. The Morgan fingerprint density at radius 3 is 1.81 bits per heavy atom. The third-order valence-corrected chi connectivity index (χ3v) is 4.40. The molecular formula is C22H12O4. The van der Waals surface area contributed by atoms with Crippen molar-refractivity contribution in [2.75, 3.05) is 0 Å². The third-order valence-electron chi connectivity index (χ3n) is 4.40. The van der Waals surface area contributed by atoms with E-state index in [9.17, 15) is 19.2 Å². The fourth-order valence-electron chi connectivity index (χ4n) is 3.22. The highest BCUT2D eigenvalue weighted by Crippen LogP contribution is 2.36. The number of benzene rings is 2. The summed E-state index contributed by atoms with van der Waals surface area (Å²) in [6.45, 7) is 0. The van der Waals surface area contributed by atoms with Crippen LogP contribution >= 0.6 is 0 Å². The van der Waals surface area contributed by atoms with Crippen molar-refractivity contribution in [1.29, 1.82) is 0 Å². The maximum absolute atomic E-state index is 13.2. The quantitative estimate of drug-likeness (QED) is 0.788. The van der Waals surface area contributed by atoms with Gasteiger partial charge in [-0.15, -0.1) is 0 Å². The van der Waals surface area contributed by atoms with Gasteiger partial charge in [-0.3, -0.25) is 19.2 Å². The zero-order chi connectivity index (χ0) is 18.3. The van der Waals surface area contributed by atoms with Gasteiger partial charge < -0.3 is 0 Å². The Morgan fingerprint density at radius 1 is 0.577 bits per heavy atom. The minimum absolute atomic E-state index is 0.0115. The molecule has 0 aliphatic heterocycles. The molecule has 0 radical (unpaired) electrons. The lowest BCUT2D eigenvalue weighted by Gasteiger charge is -2.22. The van der Waals surface area contributed by atoms with Crippen LogP contribution in [0.25, 0.3) is 5.57 Å². The first-order valence-electron chi connectivity index (χ1n) is 8.04. The topological polar surface area (TPSA) is 68.3 Å². The van der Waals surface area contributed by atoms with Crippen LogP contribution in [0.5, 0.6) is 0 Å². The van der Waals surface area contributed by atoms with Gasteiger partial charge in [0, 0.05) is 27.8 Å². The summed E-state index contributed by atoms with van der Waals surface area (Å²) in [6, 6.07) is 15.2. The fourth-order valence-corrected chi connectivity index (χ4v) is 3.22. The Balaban J connectivity index is 2.05. The van der Waals surface area contributed by atoms with Crippen molar-refractivity contribution in [3.8, 4) is 0 Å². The number of carbonyl (C=O) groups excluding carboxylic acids is 4. The second kappa shape index (κ2) is 6.01. The van der Waals surface area contributed by atoms with Gasteiger partial charge in [-0.05, 0) is 23.8 Å². The molecule has 2 aromatic rings. The number of hydrogen-bond acceptors (Lipinski definition) is 4. The standard InChI is InChI=1S/C22H12O4/c23-14-10-11-18(24)17(12-14)20-19(13-6-2-1-3-7-13)21(25)15-8-4-5-9-16(15)22(20)26/h1-12H. The van der Waals surface area contributed by atoms with Gasteiger partial charge in [0.05, 0.1) is 0 Å². The van der Waals surface area contributed by atoms with Crippen LogP contribution in [0.2, 0.25) is 0 Å². The van der Waals surface area contributed by atoms with E-state index in [1.807, 2.05) is 0 Å². The predicted octanol–water partition coefficient (Wildman–Crippen LogP) is 3.15. The minimum Gasteiger partial charge on any atom is -0.290 e. The van der Waals surface area contributed by atoms with Gasteiger partial charge in [0.2, 0.25) is 0 Å². The maximum Gasteiger partial charge on any atom is 0.195 e. The first kappa shape index (κ1) is 15.8. The first-order valence-corrected chi connectivity index (χ1v) is 8.04. The Bertz CT molecular complexity index is 1080. The van der Waals surface area contributed by atoms with Crippen LogP contribution in [0.1, 0.15) is 26.3 Å². The predicted molar refractivity (Wildman–Crippen MR) is 95.7 cm³/mol. The Morgan fingerprint density at radius 2 is 1.15 bits per heavy atom. The van der Waals surface area contributed by atoms with E-state index >= 15 is 0 Å². The number of ketones is 4. The molecule has 26 heavy (non-hydrogen) atoms. The van der Waals surface area contributed by atoms with Gasteiger partial charge >= 0.3 is 0 Å². The van der Waals surface area contributed by atoms with Crippen LogP contribution in [0.4, 0.5) is 0 Å². The summed E-state index contributed by atoms with van der Waals surface area (Å²) >= 11 is 0. The lowest BCUT2D eigenvalue weighted by Crippen LogP contribution is -2.25. The summed E-state index contributed by atoms with van der Waals surface area (Å²) in [5.41, 5.74) is 1.17. The average Bonchev–Trinajstić information content (AvgIpc) is 2.67. The lowest BCUT2D eigenvalue weighted by atomic mass is 9.77. The van der Waals surface area contributed by atoms with E-state index in [0.29, 0.717) is 11.1 Å². The summed E-state index contributed by atoms with van der Waals surface area (Å²) in [6.07, 6.45) is 3.41. The Labute approximate surface area is 149 Å². The normalized spacial score (nSPS) is 16.7. The molecule has 4 heteroatoms. The molecule has 0 atom stereocenters. The molecule has 0 fully saturated rings. The molecule has 0 saturated carbocycles. The molecule has 2 aromatic carbocycles. The SMILES string of the molecule is O=C1C=CC(=O)C(C2=C(c3ccccc3)C(=O)c3ccccc3C2=O)=C1. The Hall–Kier alpha value is -3.66. The summed E-state index contributed by atoms with van der Waals surface area (Å²) in [5.74, 6) is -1.62. The number of rotatable bonds is 2. The molecular weight excluding hydrogens is 328 g/mol. The third kappa shape index (κ3) is 2.40. The summed E-state index contributed by atoms with van der Waals surface area (Å²) in [7, 11) is 0. The van der Waals surface area contributed by atoms with Crippen molar-refractivity contribution in [2.24, 2.45) is 0 Å². The van der Waals surface area contributed by atoms with Crippen LogP contribution < -0.4 is 0 Å². The van der Waals surface area contributed by atoms with Crippen LogP contribution in [0.15, 0.2) is 84.0 Å². The van der Waals surface area contributed by atoms with E-state index in [-0.39, 0.29) is 28.1 Å². The molecule has 2 aliphatic carbocycles. The molecule has 0 spiro atoms. The molecule has 0 N–H and O–H groups in total. The van der Waals surface area contributed by atoms with E-state index in [2.05, 4.69) is 0 Å². The smallest absolute Gasteiger partial charge is 0.195 e. The highest BCUT2D eigenvalue weighted by atomic mass is 16.1. The number of fused-ring (bicyclic) bond motifs is 1. The molecule has 4 rings (SSSR count). The molecule has 0 bridgehead atoms. The summed E-state index contributed by atoms with van der Waals surface area (Å²) in [4.78, 5) is 50.5. The highest BCUT2D eigenvalue weighted by molar-refractivity contribution is 6.44. The van der Waals surface area contributed by atoms with Crippen molar-refractivity contribution in [3.63, 3.8) is 0 Å². The van der Waals surface area contributed by atoms with E-state index < -0.39 is 17.3 Å². The van der Waals surface area contributed by atoms with Crippen LogP contribution in [0.3, 0.4) is 0 Å². The van der Waals surface area contributed by atoms with Gasteiger partial charge in [0.1, 0.15) is 0 Å². The average molecular weight is 340 g/mol. The number of allylic oxidation sites excluding steroid dienone is 6. The van der Waals surface area contributed by atoms with E-state index in [0.717, 1.165) is 18.2 Å². The number of carbonyl (C=O) groups is 4. The largest absolute Gasteiger partial charge is 0.290 e. The molecule has 0 saturated heterocycles. The zero-order valence-electron chi connectivity index (χ0n) is 13.6. The zero-order valence-corrected chi connectivity index (χ0v) is 13.6. The van der Waals surface area contributed by atoms with Gasteiger partial charge in [-0.25, -0.2) is 0 Å². The number of hydrogen-bond donors (Lipinski definition) is 0. The molecule has 0 aromatic heterocycles. The molecule has 4 nitrogen and oxygen atoms in total. The van der Waals surface area contributed by atoms with Crippen molar-refractivity contribution in [1.82, 2.24) is 0 Å². The van der Waals surface area contributed by atoms with Gasteiger partial charge in [-0.1, -0.05) is 54.6 Å². The van der Waals surface area contributed by atoms with Crippen molar-refractivity contribution in [2.45, 2.75) is 0 Å². The van der Waals surface area contributed by atoms with Gasteiger partial charge in [0.15, 0.2) is 23.1 Å². The van der Waals surface area contributed by atoms with Crippen molar-refractivity contribution < 1.29 is 19.2 Å². The fraction of sp³-hybridized carbons (Fsp3) is 0. The van der Waals surface area contributed by atoms with Gasteiger partial charge in [-0.2, -0.15) is 0 Å². The molecule has 2 aliphatic rings. The summed E-state index contributed by atoms with van der Waals surface area (Å²) in [5, 5.41) is 0. The second-order valence-corrected chi connectivity index (χ2v) is 5.98. The second-order valence-electron chi connectivity index (χ2n) is 5.98. The van der Waals surface area contributed by atoms with Gasteiger partial charge in [0.25, 0.3) is 0 Å². The highest BCUT2D eigenvalue weighted by Gasteiger charge is 2.36. The van der Waals surface area contributed by atoms with E-state index in [1.165, 1.54) is 0 Å². The Kier molecular flexibility index (Phi) is 3.66. The van der Waals surface area contributed by atoms with Crippen molar-refractivity contribution >= 4 is 28.7 Å². The monoisotopic (exact) mass is 340 g/mol. The molecule has 0 heterocycles. The lowest BCUT2D eigenvalue weighted by molar-refractivity contribution is -0.114. The molecule has 0 unspecified atom stereocenters. The van der Waals surface area contributed by atoms with Crippen LogP contribution in [0, 0.1) is 0 Å². The van der Waals surface area contributed by atoms with Crippen LogP contribution in [-0.4, -0.2) is 23.1 Å². The minimum atomic E-state index is -0.464. The van der Waals surface area contributed by atoms with Crippen molar-refractivity contribution in [3.05, 3.63) is 101 Å². The van der Waals surface area contributed by atoms with E-state index in [4.69, 9.17) is 0 Å².